The van der Waals surface area contributed by atoms with Crippen LogP contribution in [0.2, 0.25) is 0 Å². The van der Waals surface area contributed by atoms with Crippen molar-refractivity contribution in [1.29, 1.82) is 0 Å². The van der Waals surface area contributed by atoms with E-state index in [-0.39, 0.29) is 23.2 Å². The molecule has 0 aliphatic rings. The van der Waals surface area contributed by atoms with Crippen LogP contribution in [0.1, 0.15) is 11.1 Å². The lowest BCUT2D eigenvalue weighted by Gasteiger charge is -2.11. The third-order valence-corrected chi connectivity index (χ3v) is 5.94. The largest absolute Gasteiger partial charge is 0.508 e. The number of aromatic nitrogens is 3. The van der Waals surface area contributed by atoms with Crippen LogP contribution in [0.4, 0.5) is 0 Å². The molecule has 3 aromatic carbocycles. The number of hydrazone groups is 1. The van der Waals surface area contributed by atoms with Crippen LogP contribution in [0, 0.1) is 6.92 Å². The van der Waals surface area contributed by atoms with Crippen molar-refractivity contribution in [3.63, 3.8) is 0 Å². The summed E-state index contributed by atoms with van der Waals surface area (Å²) in [5, 5.41) is 32.3. The molecule has 0 atom stereocenters. The zero-order valence-corrected chi connectivity index (χ0v) is 19.9. The summed E-state index contributed by atoms with van der Waals surface area (Å²) in [5.74, 6) is 0.865. The van der Waals surface area contributed by atoms with Crippen molar-refractivity contribution in [2.75, 3.05) is 12.9 Å². The molecule has 1 amide bonds. The van der Waals surface area contributed by atoms with E-state index in [4.69, 9.17) is 4.74 Å². The van der Waals surface area contributed by atoms with E-state index in [9.17, 15) is 15.0 Å². The van der Waals surface area contributed by atoms with Crippen LogP contribution in [0.15, 0.2) is 77.0 Å². The van der Waals surface area contributed by atoms with Gasteiger partial charge < -0.3 is 14.9 Å². The fraction of sp³-hybridized carbons (Fsp3) is 0.120. The van der Waals surface area contributed by atoms with Crippen LogP contribution < -0.4 is 10.2 Å². The monoisotopic (exact) mass is 489 g/mol. The molecule has 0 saturated carbocycles. The van der Waals surface area contributed by atoms with Gasteiger partial charge in [0.1, 0.15) is 17.2 Å². The predicted molar refractivity (Wildman–Crippen MR) is 134 cm³/mol. The molecule has 0 saturated heterocycles. The minimum atomic E-state index is -0.353. The number of aromatic hydroxyl groups is 2. The second-order valence-corrected chi connectivity index (χ2v) is 8.47. The molecule has 3 N–H and O–H groups in total. The number of carbonyl (C=O) groups is 1. The molecule has 4 aromatic rings. The lowest BCUT2D eigenvalue weighted by molar-refractivity contribution is -0.118. The van der Waals surface area contributed by atoms with Gasteiger partial charge in [-0.3, -0.25) is 9.36 Å². The number of amides is 1. The van der Waals surface area contributed by atoms with Gasteiger partial charge in [-0.05, 0) is 55.5 Å². The predicted octanol–water partition coefficient (Wildman–Crippen LogP) is 3.90. The number of aryl methyl sites for hydroxylation is 1. The summed E-state index contributed by atoms with van der Waals surface area (Å²) < 4.78 is 7.15. The second-order valence-electron chi connectivity index (χ2n) is 7.53. The lowest BCUT2D eigenvalue weighted by Crippen LogP contribution is -2.20. The lowest BCUT2D eigenvalue weighted by atomic mass is 10.2. The van der Waals surface area contributed by atoms with Crippen molar-refractivity contribution in [2.24, 2.45) is 5.10 Å². The van der Waals surface area contributed by atoms with E-state index in [1.807, 2.05) is 60.0 Å². The number of thioether (sulfide) groups is 1. The summed E-state index contributed by atoms with van der Waals surface area (Å²) in [6.45, 7) is 2.01. The van der Waals surface area contributed by atoms with Crippen molar-refractivity contribution in [3.05, 3.63) is 77.9 Å². The van der Waals surface area contributed by atoms with E-state index in [0.29, 0.717) is 16.5 Å². The zero-order chi connectivity index (χ0) is 24.8. The van der Waals surface area contributed by atoms with Crippen molar-refractivity contribution < 1.29 is 19.7 Å². The molecule has 0 bridgehead atoms. The number of rotatable bonds is 8. The Bertz CT molecular complexity index is 1350. The van der Waals surface area contributed by atoms with Crippen LogP contribution >= 0.6 is 11.8 Å². The van der Waals surface area contributed by atoms with Crippen molar-refractivity contribution in [3.8, 4) is 34.3 Å². The number of methoxy groups -OCH3 is 1. The van der Waals surface area contributed by atoms with E-state index < -0.39 is 0 Å². The number of ether oxygens (including phenoxy) is 1. The number of nitrogens with one attached hydrogen (secondary N) is 1. The smallest absolute Gasteiger partial charge is 0.250 e. The minimum Gasteiger partial charge on any atom is -0.508 e. The summed E-state index contributed by atoms with van der Waals surface area (Å²) >= 11 is 1.22. The van der Waals surface area contributed by atoms with Gasteiger partial charge in [-0.1, -0.05) is 29.5 Å². The molecular formula is C25H23N5O4S. The molecular weight excluding hydrogens is 466 g/mol. The molecule has 1 heterocycles. The van der Waals surface area contributed by atoms with Gasteiger partial charge in [0.2, 0.25) is 0 Å². The van der Waals surface area contributed by atoms with Gasteiger partial charge in [-0.2, -0.15) is 5.10 Å². The van der Waals surface area contributed by atoms with Crippen LogP contribution in [-0.2, 0) is 4.79 Å². The fourth-order valence-corrected chi connectivity index (χ4v) is 3.94. The highest BCUT2D eigenvalue weighted by molar-refractivity contribution is 7.99. The van der Waals surface area contributed by atoms with Gasteiger partial charge in [0, 0.05) is 22.9 Å². The summed E-state index contributed by atoms with van der Waals surface area (Å²) in [7, 11) is 1.61. The highest BCUT2D eigenvalue weighted by atomic mass is 32.2. The second kappa shape index (κ2) is 10.7. The van der Waals surface area contributed by atoms with E-state index >= 15 is 0 Å². The standard InChI is InChI=1S/C25H23N5O4S/c1-16-3-8-19(9-4-16)30-24(17-6-11-21(34-2)12-7-17)28-29-25(30)35-15-23(33)27-26-14-18-5-10-20(31)13-22(18)32/h3-14,31-32H,15H2,1-2H3,(H,27,33)/b26-14+. The summed E-state index contributed by atoms with van der Waals surface area (Å²) in [5.41, 5.74) is 5.64. The van der Waals surface area contributed by atoms with Crippen LogP contribution in [-0.4, -0.2) is 50.0 Å². The maximum absolute atomic E-state index is 12.4. The van der Waals surface area contributed by atoms with E-state index in [2.05, 4.69) is 20.7 Å². The highest BCUT2D eigenvalue weighted by Gasteiger charge is 2.17. The quantitative estimate of drug-likeness (QED) is 0.195. The van der Waals surface area contributed by atoms with Crippen molar-refractivity contribution in [1.82, 2.24) is 20.2 Å². The average molecular weight is 490 g/mol. The minimum absolute atomic E-state index is 0.0471. The number of phenolic OH excluding ortho intramolecular Hbond substituents is 2. The summed E-state index contributed by atoms with van der Waals surface area (Å²) in [6, 6.07) is 19.6. The maximum atomic E-state index is 12.4. The van der Waals surface area contributed by atoms with Crippen LogP contribution in [0.25, 0.3) is 17.1 Å². The van der Waals surface area contributed by atoms with Gasteiger partial charge in [0.05, 0.1) is 19.1 Å². The number of nitrogens with zero attached hydrogens (tertiary/aromatic N) is 4. The molecule has 0 spiro atoms. The molecule has 0 radical (unpaired) electrons. The molecule has 0 aliphatic heterocycles. The molecule has 10 heteroatoms. The molecule has 178 valence electrons. The Morgan fingerprint density at radius 1 is 1.09 bits per heavy atom. The van der Waals surface area contributed by atoms with Crippen molar-refractivity contribution in [2.45, 2.75) is 12.1 Å². The van der Waals surface area contributed by atoms with E-state index in [1.165, 1.54) is 36.2 Å². The first-order valence-corrected chi connectivity index (χ1v) is 11.6. The summed E-state index contributed by atoms with van der Waals surface area (Å²) in [4.78, 5) is 12.4. The third kappa shape index (κ3) is 5.79. The highest BCUT2D eigenvalue weighted by Crippen LogP contribution is 2.29. The SMILES string of the molecule is COc1ccc(-c2nnc(SCC(=O)N/N=C/c3ccc(O)cc3O)n2-c2ccc(C)cc2)cc1. The Hall–Kier alpha value is -4.31. The zero-order valence-electron chi connectivity index (χ0n) is 19.0. The first kappa shape index (κ1) is 23.8. The normalized spacial score (nSPS) is 11.0. The third-order valence-electron chi connectivity index (χ3n) is 5.01. The maximum Gasteiger partial charge on any atom is 0.250 e. The molecule has 0 fully saturated rings. The topological polar surface area (TPSA) is 122 Å². The molecule has 35 heavy (non-hydrogen) atoms. The number of phenols is 2. The first-order chi connectivity index (χ1) is 16.9. The number of carbonyl (C=O) groups excluding carboxylic acids is 1. The van der Waals surface area contributed by atoms with Crippen LogP contribution in [0.3, 0.4) is 0 Å². The van der Waals surface area contributed by atoms with Gasteiger partial charge in [-0.15, -0.1) is 10.2 Å². The van der Waals surface area contributed by atoms with Gasteiger partial charge in [-0.25, -0.2) is 5.43 Å². The number of benzene rings is 3. The molecule has 0 aliphatic carbocycles. The summed E-state index contributed by atoms with van der Waals surface area (Å²) in [6.07, 6.45) is 1.30. The Kier molecular flexibility index (Phi) is 7.32. The van der Waals surface area contributed by atoms with Crippen molar-refractivity contribution >= 4 is 23.9 Å². The number of hydrogen-bond donors (Lipinski definition) is 3. The van der Waals surface area contributed by atoms with Gasteiger partial charge in [0.15, 0.2) is 11.0 Å². The van der Waals surface area contributed by atoms with Crippen LogP contribution in [0.5, 0.6) is 17.2 Å². The molecule has 0 unspecified atom stereocenters. The van der Waals surface area contributed by atoms with E-state index in [0.717, 1.165) is 22.6 Å². The number of hydrogen-bond acceptors (Lipinski definition) is 8. The Morgan fingerprint density at radius 2 is 1.83 bits per heavy atom. The first-order valence-electron chi connectivity index (χ1n) is 10.6. The molecule has 9 nitrogen and oxygen atoms in total. The molecule has 4 rings (SSSR count). The van der Waals surface area contributed by atoms with Gasteiger partial charge >= 0.3 is 0 Å². The van der Waals surface area contributed by atoms with E-state index in [1.54, 1.807) is 7.11 Å². The van der Waals surface area contributed by atoms with Gasteiger partial charge in [0.25, 0.3) is 5.91 Å². The Balaban J connectivity index is 1.51. The Labute approximate surface area is 206 Å². The molecule has 1 aromatic heterocycles. The Morgan fingerprint density at radius 3 is 2.51 bits per heavy atom. The average Bonchev–Trinajstić information content (AvgIpc) is 3.28. The fourth-order valence-electron chi connectivity index (χ4n) is 3.19.